The van der Waals surface area contributed by atoms with Gasteiger partial charge in [0, 0.05) is 0 Å². The summed E-state index contributed by atoms with van der Waals surface area (Å²) in [6.07, 6.45) is 33.5. The van der Waals surface area contributed by atoms with E-state index in [1.807, 2.05) is 0 Å². The number of hydrogen-bond donors (Lipinski definition) is 0. The molecule has 0 aromatic rings. The molecule has 176 valence electrons. The number of nitrogens with zero attached hydrogens (tertiary/aromatic N) is 1. The fourth-order valence-corrected chi connectivity index (χ4v) is 4.38. The SMILES string of the molecule is CCCCCCCCCCCCCCCCCCCCCCN(C)CCCCC. The molecule has 0 unspecified atom stereocenters. The third-order valence-electron chi connectivity index (χ3n) is 6.54. The van der Waals surface area contributed by atoms with E-state index in [0.29, 0.717) is 0 Å². The lowest BCUT2D eigenvalue weighted by atomic mass is 10.0. The summed E-state index contributed by atoms with van der Waals surface area (Å²) in [6.45, 7) is 7.20. The van der Waals surface area contributed by atoms with Crippen LogP contribution in [0.4, 0.5) is 0 Å². The van der Waals surface area contributed by atoms with Crippen LogP contribution in [0.3, 0.4) is 0 Å². The quantitative estimate of drug-likeness (QED) is 0.136. The van der Waals surface area contributed by atoms with Gasteiger partial charge in [-0.1, -0.05) is 149 Å². The van der Waals surface area contributed by atoms with Crippen LogP contribution >= 0.6 is 0 Å². The average Bonchev–Trinajstić information content (AvgIpc) is 2.72. The van der Waals surface area contributed by atoms with Gasteiger partial charge in [0.15, 0.2) is 0 Å². The Kier molecular flexibility index (Phi) is 26.0. The van der Waals surface area contributed by atoms with Crippen molar-refractivity contribution in [1.29, 1.82) is 0 Å². The van der Waals surface area contributed by atoms with Gasteiger partial charge in [-0.05, 0) is 33.0 Å². The number of unbranched alkanes of at least 4 members (excludes halogenated alkanes) is 21. The Labute approximate surface area is 186 Å². The van der Waals surface area contributed by atoms with Gasteiger partial charge in [-0.25, -0.2) is 0 Å². The van der Waals surface area contributed by atoms with Crippen LogP contribution in [0.25, 0.3) is 0 Å². The van der Waals surface area contributed by atoms with Crippen LogP contribution < -0.4 is 0 Å². The van der Waals surface area contributed by atoms with E-state index in [9.17, 15) is 0 Å². The van der Waals surface area contributed by atoms with E-state index in [0.717, 1.165) is 0 Å². The van der Waals surface area contributed by atoms with Gasteiger partial charge in [0.1, 0.15) is 0 Å². The highest BCUT2D eigenvalue weighted by atomic mass is 15.1. The van der Waals surface area contributed by atoms with Crippen LogP contribution in [-0.2, 0) is 0 Å². The Balaban J connectivity index is 3.05. The first-order valence-electron chi connectivity index (χ1n) is 14.0. The zero-order chi connectivity index (χ0) is 21.3. The van der Waals surface area contributed by atoms with Crippen molar-refractivity contribution in [2.75, 3.05) is 20.1 Å². The van der Waals surface area contributed by atoms with Crippen molar-refractivity contribution in [3.8, 4) is 0 Å². The largest absolute Gasteiger partial charge is 0.306 e. The minimum atomic E-state index is 1.30. The molecule has 1 nitrogen and oxygen atoms in total. The molecule has 0 fully saturated rings. The van der Waals surface area contributed by atoms with Gasteiger partial charge in [-0.15, -0.1) is 0 Å². The van der Waals surface area contributed by atoms with E-state index in [4.69, 9.17) is 0 Å². The lowest BCUT2D eigenvalue weighted by Crippen LogP contribution is -2.20. The first kappa shape index (κ1) is 29.0. The third kappa shape index (κ3) is 25.9. The Morgan fingerprint density at radius 1 is 0.310 bits per heavy atom. The van der Waals surface area contributed by atoms with E-state index in [1.165, 1.54) is 161 Å². The molecule has 0 N–H and O–H groups in total. The molecule has 0 aliphatic heterocycles. The summed E-state index contributed by atoms with van der Waals surface area (Å²) in [5.41, 5.74) is 0. The normalized spacial score (nSPS) is 11.6. The molecule has 1 heteroatoms. The molecular formula is C28H59N. The molecule has 0 spiro atoms. The van der Waals surface area contributed by atoms with Crippen LogP contribution in [-0.4, -0.2) is 25.0 Å². The summed E-state index contributed by atoms with van der Waals surface area (Å²) in [6, 6.07) is 0. The fraction of sp³-hybridized carbons (Fsp3) is 1.00. The molecule has 0 radical (unpaired) electrons. The van der Waals surface area contributed by atoms with Crippen molar-refractivity contribution in [3.63, 3.8) is 0 Å². The summed E-state index contributed by atoms with van der Waals surface area (Å²) in [4.78, 5) is 2.53. The highest BCUT2D eigenvalue weighted by Crippen LogP contribution is 2.14. The maximum Gasteiger partial charge on any atom is -0.00218 e. The van der Waals surface area contributed by atoms with Crippen molar-refractivity contribution >= 4 is 0 Å². The monoisotopic (exact) mass is 409 g/mol. The molecule has 0 saturated heterocycles. The standard InChI is InChI=1S/C28H59N/c1-4-6-8-9-10-11-12-13-14-15-16-17-18-19-20-21-22-23-24-26-28-29(3)27-25-7-5-2/h4-28H2,1-3H3. The Morgan fingerprint density at radius 3 is 0.828 bits per heavy atom. The molecule has 0 aromatic heterocycles. The van der Waals surface area contributed by atoms with Crippen molar-refractivity contribution in [3.05, 3.63) is 0 Å². The first-order valence-corrected chi connectivity index (χ1v) is 14.0. The zero-order valence-electron chi connectivity index (χ0n) is 21.1. The molecule has 0 heterocycles. The van der Waals surface area contributed by atoms with Gasteiger partial charge in [0.25, 0.3) is 0 Å². The number of hydrogen-bond acceptors (Lipinski definition) is 1. The maximum absolute atomic E-state index is 2.53. The minimum Gasteiger partial charge on any atom is -0.306 e. The van der Waals surface area contributed by atoms with Crippen molar-refractivity contribution in [2.24, 2.45) is 0 Å². The van der Waals surface area contributed by atoms with Gasteiger partial charge in [-0.3, -0.25) is 0 Å². The maximum atomic E-state index is 2.53. The highest BCUT2D eigenvalue weighted by molar-refractivity contribution is 4.54. The summed E-state index contributed by atoms with van der Waals surface area (Å²) in [7, 11) is 2.30. The topological polar surface area (TPSA) is 3.24 Å². The second-order valence-corrected chi connectivity index (χ2v) is 9.73. The Bertz CT molecular complexity index is 275. The Hall–Kier alpha value is -0.0400. The first-order chi connectivity index (χ1) is 14.3. The van der Waals surface area contributed by atoms with Crippen molar-refractivity contribution in [1.82, 2.24) is 4.90 Å². The smallest absolute Gasteiger partial charge is 0.00218 e. The zero-order valence-corrected chi connectivity index (χ0v) is 21.1. The fourth-order valence-electron chi connectivity index (χ4n) is 4.38. The lowest BCUT2D eigenvalue weighted by Gasteiger charge is -2.15. The van der Waals surface area contributed by atoms with Crippen LogP contribution in [0.5, 0.6) is 0 Å². The molecule has 0 aliphatic carbocycles. The van der Waals surface area contributed by atoms with Crippen LogP contribution in [0.15, 0.2) is 0 Å². The van der Waals surface area contributed by atoms with Gasteiger partial charge in [0.05, 0.1) is 0 Å². The second kappa shape index (κ2) is 26.0. The average molecular weight is 410 g/mol. The van der Waals surface area contributed by atoms with E-state index in [1.54, 1.807) is 0 Å². The summed E-state index contributed by atoms with van der Waals surface area (Å²) in [5.74, 6) is 0. The van der Waals surface area contributed by atoms with Crippen LogP contribution in [0.1, 0.15) is 162 Å². The van der Waals surface area contributed by atoms with E-state index >= 15 is 0 Å². The third-order valence-corrected chi connectivity index (χ3v) is 6.54. The second-order valence-electron chi connectivity index (χ2n) is 9.73. The lowest BCUT2D eigenvalue weighted by molar-refractivity contribution is 0.315. The van der Waals surface area contributed by atoms with Crippen molar-refractivity contribution < 1.29 is 0 Å². The van der Waals surface area contributed by atoms with Gasteiger partial charge >= 0.3 is 0 Å². The molecule has 0 bridgehead atoms. The van der Waals surface area contributed by atoms with Crippen LogP contribution in [0, 0.1) is 0 Å². The van der Waals surface area contributed by atoms with E-state index < -0.39 is 0 Å². The van der Waals surface area contributed by atoms with Gasteiger partial charge < -0.3 is 4.90 Å². The minimum absolute atomic E-state index is 1.30. The van der Waals surface area contributed by atoms with Gasteiger partial charge in [-0.2, -0.15) is 0 Å². The summed E-state index contributed by atoms with van der Waals surface area (Å²) < 4.78 is 0. The molecule has 0 aliphatic rings. The molecule has 29 heavy (non-hydrogen) atoms. The predicted molar refractivity (Wildman–Crippen MR) is 135 cm³/mol. The molecular weight excluding hydrogens is 350 g/mol. The predicted octanol–water partition coefficient (Wildman–Crippen LogP) is 9.93. The summed E-state index contributed by atoms with van der Waals surface area (Å²) >= 11 is 0. The van der Waals surface area contributed by atoms with E-state index in [-0.39, 0.29) is 0 Å². The molecule has 0 aromatic carbocycles. The highest BCUT2D eigenvalue weighted by Gasteiger charge is 1.98. The van der Waals surface area contributed by atoms with E-state index in [2.05, 4.69) is 25.8 Å². The molecule has 0 amide bonds. The number of rotatable bonds is 25. The molecule has 0 rings (SSSR count). The Morgan fingerprint density at radius 2 is 0.517 bits per heavy atom. The molecule has 0 atom stereocenters. The van der Waals surface area contributed by atoms with Crippen molar-refractivity contribution in [2.45, 2.75) is 162 Å². The summed E-state index contributed by atoms with van der Waals surface area (Å²) in [5, 5.41) is 0. The molecule has 0 saturated carbocycles. The van der Waals surface area contributed by atoms with Crippen LogP contribution in [0.2, 0.25) is 0 Å². The van der Waals surface area contributed by atoms with Gasteiger partial charge in [0.2, 0.25) is 0 Å².